The van der Waals surface area contributed by atoms with Crippen LogP contribution in [0.5, 0.6) is 0 Å². The third-order valence-corrected chi connectivity index (χ3v) is 2.91. The number of Topliss-reactive ketones (excluding diaryl/α,β-unsaturated/α-hetero) is 1. The van der Waals surface area contributed by atoms with E-state index in [1.807, 2.05) is 0 Å². The van der Waals surface area contributed by atoms with Crippen molar-refractivity contribution in [2.45, 2.75) is 32.6 Å². The van der Waals surface area contributed by atoms with E-state index in [1.54, 1.807) is 6.92 Å². The zero-order chi connectivity index (χ0) is 11.3. The van der Waals surface area contributed by atoms with Gasteiger partial charge in [0.2, 0.25) is 5.91 Å². The minimum absolute atomic E-state index is 0.0103. The maximum Gasteiger partial charge on any atom is 0.221 e. The number of primary amides is 1. The highest BCUT2D eigenvalue weighted by Gasteiger charge is 2.23. The summed E-state index contributed by atoms with van der Waals surface area (Å²) in [4.78, 5) is 24.0. The zero-order valence-electron chi connectivity index (χ0n) is 9.37. The van der Waals surface area contributed by atoms with Crippen molar-refractivity contribution in [1.82, 2.24) is 4.90 Å². The van der Waals surface area contributed by atoms with Gasteiger partial charge in [-0.2, -0.15) is 0 Å². The number of rotatable bonds is 5. The van der Waals surface area contributed by atoms with Gasteiger partial charge < -0.3 is 15.4 Å². The molecule has 86 valence electrons. The quantitative estimate of drug-likeness (QED) is 0.724. The van der Waals surface area contributed by atoms with Crippen LogP contribution >= 0.6 is 0 Å². The molecule has 1 atom stereocenters. The zero-order valence-corrected chi connectivity index (χ0v) is 9.37. The van der Waals surface area contributed by atoms with Crippen LogP contribution in [0.3, 0.4) is 0 Å². The van der Waals surface area contributed by atoms with Crippen LogP contribution in [0.15, 0.2) is 0 Å². The minimum Gasteiger partial charge on any atom is -0.369 e. The Morgan fingerprint density at radius 1 is 1.47 bits per heavy atom. The van der Waals surface area contributed by atoms with Gasteiger partial charge in [-0.3, -0.25) is 4.79 Å². The summed E-state index contributed by atoms with van der Waals surface area (Å²) in [5.74, 6) is 0.0563. The van der Waals surface area contributed by atoms with Crippen LogP contribution in [0.25, 0.3) is 0 Å². The van der Waals surface area contributed by atoms with Crippen molar-refractivity contribution in [2.24, 2.45) is 11.7 Å². The summed E-state index contributed by atoms with van der Waals surface area (Å²) in [6, 6.07) is 0. The highest BCUT2D eigenvalue weighted by molar-refractivity contribution is 5.77. The number of amides is 1. The van der Waals surface area contributed by atoms with Gasteiger partial charge in [-0.05, 0) is 39.3 Å². The van der Waals surface area contributed by atoms with Gasteiger partial charge in [-0.15, -0.1) is 0 Å². The first-order chi connectivity index (χ1) is 7.09. The molecule has 0 saturated carbocycles. The van der Waals surface area contributed by atoms with Gasteiger partial charge in [0.25, 0.3) is 0 Å². The maximum atomic E-state index is 11.0. The fourth-order valence-corrected chi connectivity index (χ4v) is 2.04. The molecule has 0 aromatic rings. The molecule has 1 fully saturated rings. The topological polar surface area (TPSA) is 63.4 Å². The fourth-order valence-electron chi connectivity index (χ4n) is 2.04. The second-order valence-electron chi connectivity index (χ2n) is 4.35. The van der Waals surface area contributed by atoms with E-state index in [1.165, 1.54) is 0 Å². The predicted octanol–water partition coefficient (Wildman–Crippen LogP) is 0.553. The molecule has 4 nitrogen and oxygen atoms in total. The molecule has 1 amide bonds. The van der Waals surface area contributed by atoms with Gasteiger partial charge in [0.15, 0.2) is 0 Å². The summed E-state index contributed by atoms with van der Waals surface area (Å²) in [6.45, 7) is 4.32. The van der Waals surface area contributed by atoms with Gasteiger partial charge in [-0.25, -0.2) is 0 Å². The first kappa shape index (κ1) is 12.2. The Morgan fingerprint density at radius 2 is 2.20 bits per heavy atom. The number of piperidine rings is 1. The number of hydrogen-bond donors (Lipinski definition) is 1. The Labute approximate surface area is 90.8 Å². The number of carbonyl (C=O) groups is 2. The molecule has 1 unspecified atom stereocenters. The lowest BCUT2D eigenvalue weighted by Gasteiger charge is -2.30. The van der Waals surface area contributed by atoms with Gasteiger partial charge >= 0.3 is 0 Å². The van der Waals surface area contributed by atoms with E-state index in [9.17, 15) is 9.59 Å². The summed E-state index contributed by atoms with van der Waals surface area (Å²) in [5.41, 5.74) is 5.29. The molecule has 4 heteroatoms. The fraction of sp³-hybridized carbons (Fsp3) is 0.818. The van der Waals surface area contributed by atoms with Crippen molar-refractivity contribution in [1.29, 1.82) is 0 Å². The average molecular weight is 212 g/mol. The molecule has 0 aromatic heterocycles. The van der Waals surface area contributed by atoms with E-state index in [0.717, 1.165) is 38.9 Å². The molecule has 0 bridgehead atoms. The van der Waals surface area contributed by atoms with Crippen LogP contribution in [-0.4, -0.2) is 36.2 Å². The van der Waals surface area contributed by atoms with Gasteiger partial charge in [0.05, 0.1) is 5.92 Å². The van der Waals surface area contributed by atoms with Crippen LogP contribution in [-0.2, 0) is 9.59 Å². The number of nitrogens with zero attached hydrogens (tertiary/aromatic N) is 1. The Hall–Kier alpha value is -0.900. The SMILES string of the molecule is CC(=O)CCCN1CCCC(C(N)=O)C1. The Morgan fingerprint density at radius 3 is 2.80 bits per heavy atom. The van der Waals surface area contributed by atoms with E-state index < -0.39 is 0 Å². The van der Waals surface area contributed by atoms with Crippen molar-refractivity contribution in [3.63, 3.8) is 0 Å². The number of nitrogens with two attached hydrogens (primary N) is 1. The standard InChI is InChI=1S/C11H20N2O2/c1-9(14)4-2-6-13-7-3-5-10(8-13)11(12)15/h10H,2-8H2,1H3,(H2,12,15). The molecular formula is C11H20N2O2. The van der Waals surface area contributed by atoms with E-state index in [0.29, 0.717) is 6.42 Å². The molecule has 0 aliphatic carbocycles. The summed E-state index contributed by atoms with van der Waals surface area (Å²) in [6.07, 6.45) is 3.48. The van der Waals surface area contributed by atoms with Gasteiger partial charge in [0.1, 0.15) is 5.78 Å². The lowest BCUT2D eigenvalue weighted by Crippen LogP contribution is -2.41. The summed E-state index contributed by atoms with van der Waals surface area (Å²) in [5, 5.41) is 0. The number of ketones is 1. The minimum atomic E-state index is -0.189. The normalized spacial score (nSPS) is 22.6. The van der Waals surface area contributed by atoms with Crippen LogP contribution in [0.1, 0.15) is 32.6 Å². The Bertz CT molecular complexity index is 241. The molecule has 1 aliphatic rings. The summed E-state index contributed by atoms with van der Waals surface area (Å²) < 4.78 is 0. The number of hydrogen-bond acceptors (Lipinski definition) is 3. The van der Waals surface area contributed by atoms with Crippen molar-refractivity contribution in [3.05, 3.63) is 0 Å². The molecule has 0 aromatic carbocycles. The first-order valence-electron chi connectivity index (χ1n) is 5.60. The van der Waals surface area contributed by atoms with E-state index in [4.69, 9.17) is 5.73 Å². The average Bonchev–Trinajstić information content (AvgIpc) is 2.17. The third-order valence-electron chi connectivity index (χ3n) is 2.91. The molecule has 0 spiro atoms. The maximum absolute atomic E-state index is 11.0. The van der Waals surface area contributed by atoms with E-state index >= 15 is 0 Å². The van der Waals surface area contributed by atoms with E-state index in [2.05, 4.69) is 4.90 Å². The van der Waals surface area contributed by atoms with Crippen molar-refractivity contribution in [2.75, 3.05) is 19.6 Å². The van der Waals surface area contributed by atoms with Crippen LogP contribution in [0.4, 0.5) is 0 Å². The van der Waals surface area contributed by atoms with Gasteiger partial charge in [0, 0.05) is 13.0 Å². The second kappa shape index (κ2) is 5.85. The molecule has 0 radical (unpaired) electrons. The lowest BCUT2D eigenvalue weighted by molar-refractivity contribution is -0.123. The predicted molar refractivity (Wildman–Crippen MR) is 58.3 cm³/mol. The number of likely N-dealkylation sites (tertiary alicyclic amines) is 1. The highest BCUT2D eigenvalue weighted by atomic mass is 16.1. The molecule has 1 rings (SSSR count). The van der Waals surface area contributed by atoms with Crippen molar-refractivity contribution >= 4 is 11.7 Å². The number of carbonyl (C=O) groups excluding carboxylic acids is 2. The van der Waals surface area contributed by atoms with Crippen molar-refractivity contribution < 1.29 is 9.59 Å². The molecular weight excluding hydrogens is 192 g/mol. The molecule has 15 heavy (non-hydrogen) atoms. The lowest BCUT2D eigenvalue weighted by atomic mass is 9.97. The van der Waals surface area contributed by atoms with Crippen molar-refractivity contribution in [3.8, 4) is 0 Å². The Balaban J connectivity index is 2.24. The van der Waals surface area contributed by atoms with E-state index in [-0.39, 0.29) is 17.6 Å². The smallest absolute Gasteiger partial charge is 0.221 e. The Kier molecular flexibility index (Phi) is 4.75. The molecule has 1 saturated heterocycles. The van der Waals surface area contributed by atoms with Crippen LogP contribution < -0.4 is 5.73 Å². The highest BCUT2D eigenvalue weighted by Crippen LogP contribution is 2.16. The first-order valence-corrected chi connectivity index (χ1v) is 5.60. The third kappa shape index (κ3) is 4.42. The monoisotopic (exact) mass is 212 g/mol. The molecule has 1 aliphatic heterocycles. The largest absolute Gasteiger partial charge is 0.369 e. The van der Waals surface area contributed by atoms with Crippen LogP contribution in [0.2, 0.25) is 0 Å². The summed E-state index contributed by atoms with van der Waals surface area (Å²) in [7, 11) is 0. The van der Waals surface area contributed by atoms with Crippen LogP contribution in [0, 0.1) is 5.92 Å². The van der Waals surface area contributed by atoms with Gasteiger partial charge in [-0.1, -0.05) is 0 Å². The molecule has 1 heterocycles. The molecule has 2 N–H and O–H groups in total. The second-order valence-corrected chi connectivity index (χ2v) is 4.35. The summed E-state index contributed by atoms with van der Waals surface area (Å²) >= 11 is 0.